The molecule has 2 heterocycles. The molecule has 0 aliphatic carbocycles. The molecule has 3 rings (SSSR count). The van der Waals surface area contributed by atoms with Crippen molar-refractivity contribution in [1.29, 1.82) is 0 Å². The molecule has 0 atom stereocenters. The summed E-state index contributed by atoms with van der Waals surface area (Å²) >= 11 is 0. The van der Waals surface area contributed by atoms with Crippen molar-refractivity contribution < 1.29 is 18.6 Å². The van der Waals surface area contributed by atoms with Crippen LogP contribution in [0.15, 0.2) is 24.3 Å². The summed E-state index contributed by atoms with van der Waals surface area (Å²) in [5.41, 5.74) is 1.11. The summed E-state index contributed by atoms with van der Waals surface area (Å²) in [6, 6.07) is 7.97. The number of aryl methyl sites for hydroxylation is 1. The van der Waals surface area contributed by atoms with Crippen molar-refractivity contribution in [3.8, 4) is 5.75 Å². The second kappa shape index (κ2) is 14.3. The molecule has 9 heteroatoms. The van der Waals surface area contributed by atoms with Crippen LogP contribution in [0.2, 0.25) is 0 Å². The van der Waals surface area contributed by atoms with Gasteiger partial charge in [-0.3, -0.25) is 0 Å². The van der Waals surface area contributed by atoms with Gasteiger partial charge in [0.2, 0.25) is 0 Å². The molecule has 1 aromatic carbocycles. The van der Waals surface area contributed by atoms with Crippen LogP contribution in [-0.4, -0.2) is 62.6 Å². The Kier molecular flexibility index (Phi) is 11.5. The number of hydrazine groups is 2. The highest BCUT2D eigenvalue weighted by atomic mass is 31.2. The first-order valence-electron chi connectivity index (χ1n) is 12.3. The van der Waals surface area contributed by atoms with E-state index in [9.17, 15) is 4.57 Å². The second-order valence-electron chi connectivity index (χ2n) is 8.52. The maximum absolute atomic E-state index is 13.9. The quantitative estimate of drug-likeness (QED) is 0.312. The van der Waals surface area contributed by atoms with Gasteiger partial charge in [0.05, 0.1) is 26.4 Å². The Hall–Kier alpha value is -0.990. The van der Waals surface area contributed by atoms with Crippen LogP contribution in [0.5, 0.6) is 5.75 Å². The van der Waals surface area contributed by atoms with Crippen molar-refractivity contribution in [2.75, 3.05) is 52.6 Å². The third-order valence-corrected chi connectivity index (χ3v) is 7.36. The average Bonchev–Trinajstić information content (AvgIpc) is 2.80. The lowest BCUT2D eigenvalue weighted by Gasteiger charge is -2.35. The molecule has 182 valence electrons. The number of rotatable bonds is 14. The zero-order valence-electron chi connectivity index (χ0n) is 19.6. The molecule has 2 fully saturated rings. The van der Waals surface area contributed by atoms with Gasteiger partial charge in [-0.2, -0.15) is 10.4 Å². The number of hydrogen-bond acceptors (Lipinski definition) is 6. The van der Waals surface area contributed by atoms with Crippen molar-refractivity contribution in [3.63, 3.8) is 0 Å². The van der Waals surface area contributed by atoms with Gasteiger partial charge in [-0.15, -0.1) is 0 Å². The van der Waals surface area contributed by atoms with Crippen molar-refractivity contribution in [2.24, 2.45) is 0 Å². The smallest absolute Gasteiger partial charge is 0.417 e. The molecule has 2 aliphatic rings. The van der Waals surface area contributed by atoms with Crippen molar-refractivity contribution >= 4 is 7.67 Å². The van der Waals surface area contributed by atoms with Crippen LogP contribution in [0.1, 0.15) is 57.4 Å². The Balaban J connectivity index is 1.60. The molecule has 0 bridgehead atoms. The van der Waals surface area contributed by atoms with E-state index >= 15 is 0 Å². The highest BCUT2D eigenvalue weighted by molar-refractivity contribution is 7.54. The number of benzene rings is 1. The minimum absolute atomic E-state index is 0.611. The summed E-state index contributed by atoms with van der Waals surface area (Å²) in [4.78, 5) is 0. The molecule has 32 heavy (non-hydrogen) atoms. The summed E-state index contributed by atoms with van der Waals surface area (Å²) < 4.78 is 31.0. The number of ether oxygens (including phenoxy) is 2. The van der Waals surface area contributed by atoms with Gasteiger partial charge in [-0.05, 0) is 24.5 Å². The standard InChI is InChI=1S/C23H41N4O4P/c1-2-3-4-5-6-7-8-11-22-12-9-10-13-23(22)31-32(28,24-26-14-18-29-19-15-26)25-27-16-20-30-21-17-27/h9-10,12-13H,2-8,11,14-21H2,1H3,(H2,24,25,28). The topological polar surface area (TPSA) is 75.3 Å². The van der Waals surface area contributed by atoms with Crippen LogP contribution in [0.4, 0.5) is 0 Å². The van der Waals surface area contributed by atoms with Crippen LogP contribution in [-0.2, 0) is 20.5 Å². The van der Waals surface area contributed by atoms with Crippen LogP contribution >= 0.6 is 7.67 Å². The Labute approximate surface area is 193 Å². The first-order valence-corrected chi connectivity index (χ1v) is 13.9. The minimum atomic E-state index is -3.42. The fraction of sp³-hybridized carbons (Fsp3) is 0.739. The van der Waals surface area contributed by atoms with Gasteiger partial charge < -0.3 is 14.0 Å². The van der Waals surface area contributed by atoms with Crippen LogP contribution in [0.25, 0.3) is 0 Å². The molecule has 0 radical (unpaired) electrons. The molecule has 0 amide bonds. The van der Waals surface area contributed by atoms with E-state index in [0.29, 0.717) is 58.4 Å². The summed E-state index contributed by atoms with van der Waals surface area (Å²) in [6.45, 7) is 7.35. The zero-order chi connectivity index (χ0) is 22.5. The molecule has 2 aliphatic heterocycles. The lowest BCUT2D eigenvalue weighted by atomic mass is 10.0. The van der Waals surface area contributed by atoms with Crippen LogP contribution < -0.4 is 14.9 Å². The highest BCUT2D eigenvalue weighted by Gasteiger charge is 2.32. The summed E-state index contributed by atoms with van der Waals surface area (Å²) in [6.07, 6.45) is 9.80. The van der Waals surface area contributed by atoms with E-state index < -0.39 is 7.67 Å². The number of nitrogens with zero attached hydrogens (tertiary/aromatic N) is 2. The van der Waals surface area contributed by atoms with Crippen LogP contribution in [0, 0.1) is 0 Å². The molecule has 0 saturated carbocycles. The maximum atomic E-state index is 13.9. The number of unbranched alkanes of at least 4 members (excludes halogenated alkanes) is 6. The Bertz CT molecular complexity index is 672. The summed E-state index contributed by atoms with van der Waals surface area (Å²) in [5, 5.41) is 10.1. The van der Waals surface area contributed by atoms with Gasteiger partial charge in [-0.1, -0.05) is 63.6 Å². The summed E-state index contributed by atoms with van der Waals surface area (Å²) in [7, 11) is -3.42. The fourth-order valence-electron chi connectivity index (χ4n) is 3.97. The first kappa shape index (κ1) is 25.6. The predicted molar refractivity (Wildman–Crippen MR) is 127 cm³/mol. The van der Waals surface area contributed by atoms with Gasteiger partial charge >= 0.3 is 7.67 Å². The molecule has 0 spiro atoms. The average molecular weight is 469 g/mol. The Morgan fingerprint density at radius 3 is 1.97 bits per heavy atom. The fourth-order valence-corrected chi connectivity index (χ4v) is 5.70. The Morgan fingerprint density at radius 1 is 0.844 bits per heavy atom. The van der Waals surface area contributed by atoms with Crippen LogP contribution in [0.3, 0.4) is 0 Å². The van der Waals surface area contributed by atoms with E-state index in [-0.39, 0.29) is 0 Å². The number of nitrogens with one attached hydrogen (secondary N) is 2. The van der Waals surface area contributed by atoms with E-state index in [1.54, 1.807) is 0 Å². The third kappa shape index (κ3) is 9.10. The van der Waals surface area contributed by atoms with Gasteiger partial charge in [0.1, 0.15) is 5.75 Å². The molecular weight excluding hydrogens is 427 g/mol. The van der Waals surface area contributed by atoms with Crippen molar-refractivity contribution in [1.82, 2.24) is 20.4 Å². The lowest BCUT2D eigenvalue weighted by Crippen LogP contribution is -2.51. The zero-order valence-corrected chi connectivity index (χ0v) is 20.5. The summed E-state index contributed by atoms with van der Waals surface area (Å²) in [5.74, 6) is 0.684. The molecule has 2 saturated heterocycles. The van der Waals surface area contributed by atoms with Gasteiger partial charge in [0.15, 0.2) is 0 Å². The van der Waals surface area contributed by atoms with Gasteiger partial charge in [0, 0.05) is 26.2 Å². The monoisotopic (exact) mass is 468 g/mol. The maximum Gasteiger partial charge on any atom is 0.417 e. The van der Waals surface area contributed by atoms with E-state index in [1.807, 2.05) is 28.2 Å². The molecule has 0 aromatic heterocycles. The molecule has 1 aromatic rings. The van der Waals surface area contributed by atoms with E-state index in [0.717, 1.165) is 18.4 Å². The minimum Gasteiger partial charge on any atom is -0.420 e. The molecule has 8 nitrogen and oxygen atoms in total. The predicted octanol–water partition coefficient (Wildman–Crippen LogP) is 4.14. The number of morpholine rings is 2. The second-order valence-corrected chi connectivity index (χ2v) is 10.2. The number of hydrogen-bond donors (Lipinski definition) is 2. The van der Waals surface area contributed by atoms with E-state index in [4.69, 9.17) is 14.0 Å². The largest absolute Gasteiger partial charge is 0.420 e. The third-order valence-electron chi connectivity index (χ3n) is 5.82. The van der Waals surface area contributed by atoms with Gasteiger partial charge in [-0.25, -0.2) is 14.6 Å². The number of para-hydroxylation sites is 1. The van der Waals surface area contributed by atoms with Gasteiger partial charge in [0.25, 0.3) is 0 Å². The highest BCUT2D eigenvalue weighted by Crippen LogP contribution is 2.41. The first-order chi connectivity index (χ1) is 15.7. The normalized spacial score (nSPS) is 18.7. The molecule has 0 unspecified atom stereocenters. The molecule has 2 N–H and O–H groups in total. The van der Waals surface area contributed by atoms with E-state index in [2.05, 4.69) is 23.4 Å². The van der Waals surface area contributed by atoms with Crippen molar-refractivity contribution in [2.45, 2.75) is 58.3 Å². The SMILES string of the molecule is CCCCCCCCCc1ccccc1OP(=O)(NN1CCOCC1)NN1CCOCC1. The Morgan fingerprint density at radius 2 is 1.38 bits per heavy atom. The lowest BCUT2D eigenvalue weighted by molar-refractivity contribution is 0.0153. The molecular formula is C23H41N4O4P. The van der Waals surface area contributed by atoms with E-state index in [1.165, 1.54) is 38.5 Å². The van der Waals surface area contributed by atoms with Crippen molar-refractivity contribution in [3.05, 3.63) is 29.8 Å².